The van der Waals surface area contributed by atoms with Gasteiger partial charge in [-0.3, -0.25) is 0 Å². The van der Waals surface area contributed by atoms with Crippen LogP contribution in [0.4, 0.5) is 0 Å². The van der Waals surface area contributed by atoms with E-state index in [0.717, 1.165) is 0 Å². The van der Waals surface area contributed by atoms with Crippen molar-refractivity contribution in [2.24, 2.45) is 0 Å². The standard InChI is InChI=1S/3Ca.HI.2H3O4P/c;;;;2*1-5(2,3)4/h;;;1H;2*(H3,1,2,3,4)/q3*+2;;;/p-6. The first-order valence-electron chi connectivity index (χ1n) is 1.46. The summed E-state index contributed by atoms with van der Waals surface area (Å²) in [5.74, 6) is 0. The Labute approximate surface area is 187 Å². The van der Waals surface area contributed by atoms with Crippen molar-refractivity contribution in [1.29, 1.82) is 0 Å². The maximum atomic E-state index is 8.55. The van der Waals surface area contributed by atoms with Gasteiger partial charge in [-0.2, -0.15) is 15.6 Å². The first-order valence-corrected chi connectivity index (χ1v) is 4.38. The quantitative estimate of drug-likeness (QED) is 0.204. The van der Waals surface area contributed by atoms with Crippen LogP contribution < -0.4 is 29.4 Å². The molecule has 0 N–H and O–H groups in total. The number of rotatable bonds is 0. The van der Waals surface area contributed by atoms with E-state index in [-0.39, 0.29) is 137 Å². The molecule has 8 nitrogen and oxygen atoms in total. The van der Waals surface area contributed by atoms with Gasteiger partial charge in [0.2, 0.25) is 0 Å². The molecular formula is HCa3IO8P2. The number of hydrogen-bond acceptors (Lipinski definition) is 8. The molecule has 14 heteroatoms. The monoisotopic (exact) mass is 438 g/mol. The van der Waals surface area contributed by atoms with Crippen LogP contribution in [0.2, 0.25) is 0 Å². The Morgan fingerprint density at radius 3 is 0.571 bits per heavy atom. The summed E-state index contributed by atoms with van der Waals surface area (Å²) in [6.07, 6.45) is 0. The normalized spacial score (nSPS) is 8.43. The van der Waals surface area contributed by atoms with Gasteiger partial charge in [0.1, 0.15) is 0 Å². The Morgan fingerprint density at radius 2 is 0.571 bits per heavy atom. The molecule has 0 saturated carbocycles. The molecule has 0 atom stereocenters. The SMILES string of the molecule is I.O=P([O-])([O-])[O-].O=P([O-])([O-])[O-].[Ca+2].[Ca+2].[Ca+2]. The van der Waals surface area contributed by atoms with Crippen LogP contribution in [0, 0.1) is 0 Å². The van der Waals surface area contributed by atoms with Crippen molar-refractivity contribution < 1.29 is 38.5 Å². The molecule has 0 bridgehead atoms. The topological polar surface area (TPSA) is 172 Å². The van der Waals surface area contributed by atoms with E-state index in [2.05, 4.69) is 0 Å². The molecule has 0 aliphatic carbocycles. The Bertz CT molecular complexity index is 135. The molecule has 0 radical (unpaired) electrons. The Kier molecular flexibility index (Phi) is 46.0. The molecule has 0 unspecified atom stereocenters. The van der Waals surface area contributed by atoms with E-state index in [1.54, 1.807) is 0 Å². The molecule has 0 heterocycles. The summed E-state index contributed by atoms with van der Waals surface area (Å²) in [6, 6.07) is 0. The van der Waals surface area contributed by atoms with Crippen LogP contribution in [0.5, 0.6) is 0 Å². The van der Waals surface area contributed by atoms with Gasteiger partial charge in [0.15, 0.2) is 0 Å². The van der Waals surface area contributed by atoms with Gasteiger partial charge in [0, 0.05) is 0 Å². The van der Waals surface area contributed by atoms with E-state index in [9.17, 15) is 0 Å². The van der Waals surface area contributed by atoms with Crippen molar-refractivity contribution in [3.8, 4) is 0 Å². The number of hydrogen-bond donors (Lipinski definition) is 0. The Hall–Kier alpha value is 4.73. The predicted octanol–water partition coefficient (Wildman–Crippen LogP) is -6.17. The van der Waals surface area contributed by atoms with E-state index >= 15 is 0 Å². The molecular weight excluding hydrogens is 437 g/mol. The van der Waals surface area contributed by atoms with E-state index in [1.807, 2.05) is 0 Å². The predicted molar refractivity (Wildman–Crippen MR) is 47.9 cm³/mol. The largest absolute Gasteiger partial charge is 2.00 e. The maximum Gasteiger partial charge on any atom is 2.00 e. The van der Waals surface area contributed by atoms with Crippen molar-refractivity contribution in [1.82, 2.24) is 0 Å². The Morgan fingerprint density at radius 1 is 0.571 bits per heavy atom. The third-order valence-electron chi connectivity index (χ3n) is 0. The average Bonchev–Trinajstić information content (AvgIpc) is 1.12. The van der Waals surface area contributed by atoms with E-state index in [1.165, 1.54) is 0 Å². The van der Waals surface area contributed by atoms with Gasteiger partial charge >= 0.3 is 113 Å². The molecule has 0 rings (SSSR count). The molecule has 0 fully saturated rings. The van der Waals surface area contributed by atoms with Crippen molar-refractivity contribution in [2.45, 2.75) is 0 Å². The molecule has 0 saturated heterocycles. The average molecular weight is 438 g/mol. The van der Waals surface area contributed by atoms with Crippen LogP contribution >= 0.6 is 39.6 Å². The minimum atomic E-state index is -5.39. The third kappa shape index (κ3) is 185. The summed E-state index contributed by atoms with van der Waals surface area (Å²) < 4.78 is 17.1. The van der Waals surface area contributed by atoms with Gasteiger partial charge in [0.05, 0.1) is 0 Å². The first kappa shape index (κ1) is 36.3. The fraction of sp³-hybridized carbons (Fsp3) is 0. The summed E-state index contributed by atoms with van der Waals surface area (Å²) in [5, 5.41) is 0. The van der Waals surface area contributed by atoms with Crippen LogP contribution in [0.1, 0.15) is 0 Å². The smallest absolute Gasteiger partial charge is 0.822 e. The fourth-order valence-electron chi connectivity index (χ4n) is 0. The van der Waals surface area contributed by atoms with Crippen LogP contribution in [0.3, 0.4) is 0 Å². The first-order chi connectivity index (χ1) is 4.00. The summed E-state index contributed by atoms with van der Waals surface area (Å²) in [4.78, 5) is 51.3. The zero-order valence-electron chi connectivity index (χ0n) is 6.69. The maximum absolute atomic E-state index is 8.55. The van der Waals surface area contributed by atoms with Gasteiger partial charge in [0.25, 0.3) is 0 Å². The fourth-order valence-corrected chi connectivity index (χ4v) is 0. The molecule has 72 valence electrons. The molecule has 0 aromatic heterocycles. The van der Waals surface area contributed by atoms with Gasteiger partial charge in [-0.05, 0) is 0 Å². The summed E-state index contributed by atoms with van der Waals surface area (Å²) in [5.41, 5.74) is 0. The van der Waals surface area contributed by atoms with Crippen LogP contribution in [-0.2, 0) is 9.13 Å². The number of halogens is 1. The van der Waals surface area contributed by atoms with Gasteiger partial charge in [-0.1, -0.05) is 0 Å². The minimum Gasteiger partial charge on any atom is -0.822 e. The van der Waals surface area contributed by atoms with Crippen molar-refractivity contribution >= 4 is 153 Å². The summed E-state index contributed by atoms with van der Waals surface area (Å²) >= 11 is 0. The molecule has 0 spiro atoms. The van der Waals surface area contributed by atoms with Crippen molar-refractivity contribution in [3.63, 3.8) is 0 Å². The second-order valence-corrected chi connectivity index (χ2v) is 2.68. The molecule has 0 amide bonds. The zero-order valence-corrected chi connectivity index (χ0v) is 17.4. The minimum absolute atomic E-state index is 0. The van der Waals surface area contributed by atoms with E-state index < -0.39 is 15.6 Å². The van der Waals surface area contributed by atoms with E-state index in [0.29, 0.717) is 0 Å². The second kappa shape index (κ2) is 17.7. The third-order valence-corrected chi connectivity index (χ3v) is 0. The molecule has 0 aromatic carbocycles. The zero-order chi connectivity index (χ0) is 9.00. The van der Waals surface area contributed by atoms with E-state index in [4.69, 9.17) is 38.5 Å². The van der Waals surface area contributed by atoms with Crippen molar-refractivity contribution in [2.75, 3.05) is 0 Å². The summed E-state index contributed by atoms with van der Waals surface area (Å²) in [7, 11) is -10.8. The molecule has 0 aliphatic rings. The second-order valence-electron chi connectivity index (χ2n) is 0.894. The van der Waals surface area contributed by atoms with Gasteiger partial charge < -0.3 is 38.5 Å². The molecule has 0 aromatic rings. The van der Waals surface area contributed by atoms with Crippen molar-refractivity contribution in [3.05, 3.63) is 0 Å². The van der Waals surface area contributed by atoms with Crippen LogP contribution in [0.15, 0.2) is 0 Å². The summed E-state index contributed by atoms with van der Waals surface area (Å²) in [6.45, 7) is 0. The van der Waals surface area contributed by atoms with Crippen LogP contribution in [-0.4, -0.2) is 113 Å². The molecule has 0 aliphatic heterocycles. The van der Waals surface area contributed by atoms with Gasteiger partial charge in [-0.15, -0.1) is 24.0 Å². The van der Waals surface area contributed by atoms with Gasteiger partial charge in [-0.25, -0.2) is 0 Å². The van der Waals surface area contributed by atoms with Crippen LogP contribution in [0.25, 0.3) is 0 Å². The number of phosphoric acid groups is 2. The molecule has 14 heavy (non-hydrogen) atoms. The Balaban J connectivity index is -0.0000000178.